The van der Waals surface area contributed by atoms with E-state index in [-0.39, 0.29) is 5.91 Å². The molecule has 4 rings (SSSR count). The predicted octanol–water partition coefficient (Wildman–Crippen LogP) is 2.92. The topological polar surface area (TPSA) is 62.2 Å². The molecule has 0 atom stereocenters. The van der Waals surface area contributed by atoms with E-state index in [0.29, 0.717) is 6.42 Å². The molecule has 26 heavy (non-hydrogen) atoms. The van der Waals surface area contributed by atoms with Gasteiger partial charge in [0.25, 0.3) is 0 Å². The summed E-state index contributed by atoms with van der Waals surface area (Å²) in [5, 5.41) is 0. The van der Waals surface area contributed by atoms with Crippen molar-refractivity contribution in [3.8, 4) is 0 Å². The number of carbonyl (C=O) groups is 1. The lowest BCUT2D eigenvalue weighted by Gasteiger charge is -2.34. The molecular weight excluding hydrogens is 366 g/mol. The third-order valence-corrected chi connectivity index (χ3v) is 6.46. The van der Waals surface area contributed by atoms with Crippen LogP contribution in [0.2, 0.25) is 0 Å². The number of aromatic nitrogens is 3. The molecule has 134 valence electrons. The maximum Gasteiger partial charge on any atom is 0.225 e. The van der Waals surface area contributed by atoms with E-state index in [2.05, 4.69) is 25.9 Å². The Balaban J connectivity index is 1.24. The number of nitrogens with zero attached hydrogens (tertiary/aromatic N) is 5. The molecule has 1 aliphatic heterocycles. The molecule has 2 aromatic heterocycles. The summed E-state index contributed by atoms with van der Waals surface area (Å²) in [7, 11) is 0. The van der Waals surface area contributed by atoms with Gasteiger partial charge in [0.2, 0.25) is 11.9 Å². The summed E-state index contributed by atoms with van der Waals surface area (Å²) in [4.78, 5) is 29.7. The number of anilines is 1. The highest BCUT2D eigenvalue weighted by molar-refractivity contribution is 8.01. The van der Waals surface area contributed by atoms with Crippen LogP contribution in [0.1, 0.15) is 6.42 Å². The van der Waals surface area contributed by atoms with Gasteiger partial charge in [-0.3, -0.25) is 4.79 Å². The van der Waals surface area contributed by atoms with E-state index >= 15 is 0 Å². The third-order valence-electron chi connectivity index (χ3n) is 4.28. The van der Waals surface area contributed by atoms with Gasteiger partial charge in [0.15, 0.2) is 4.34 Å². The summed E-state index contributed by atoms with van der Waals surface area (Å²) < 4.78 is 2.23. The molecule has 3 aromatic rings. The Morgan fingerprint density at radius 2 is 1.85 bits per heavy atom. The van der Waals surface area contributed by atoms with Crippen molar-refractivity contribution in [2.75, 3.05) is 36.8 Å². The first-order valence-corrected chi connectivity index (χ1v) is 10.4. The van der Waals surface area contributed by atoms with Gasteiger partial charge in [0.1, 0.15) is 0 Å². The van der Waals surface area contributed by atoms with Crippen LogP contribution in [0.3, 0.4) is 0 Å². The molecule has 1 aromatic carbocycles. The van der Waals surface area contributed by atoms with Gasteiger partial charge < -0.3 is 9.80 Å². The Kier molecular flexibility index (Phi) is 5.31. The molecule has 3 heterocycles. The molecule has 1 amide bonds. The number of thiazole rings is 1. The van der Waals surface area contributed by atoms with Crippen LogP contribution < -0.4 is 4.90 Å². The van der Waals surface area contributed by atoms with Crippen LogP contribution in [0, 0.1) is 0 Å². The van der Waals surface area contributed by atoms with Gasteiger partial charge in [-0.1, -0.05) is 23.9 Å². The van der Waals surface area contributed by atoms with Gasteiger partial charge in [-0.25, -0.2) is 15.0 Å². The smallest absolute Gasteiger partial charge is 0.225 e. The van der Waals surface area contributed by atoms with E-state index in [1.165, 1.54) is 4.70 Å². The molecule has 0 radical (unpaired) electrons. The van der Waals surface area contributed by atoms with Gasteiger partial charge in [0.05, 0.1) is 10.2 Å². The lowest BCUT2D eigenvalue weighted by molar-refractivity contribution is -0.131. The molecule has 0 aliphatic carbocycles. The lowest BCUT2D eigenvalue weighted by atomic mass is 10.3. The zero-order chi connectivity index (χ0) is 17.8. The number of thioether (sulfide) groups is 1. The standard InChI is InChI=1S/C18H19N5OS2/c24-16(6-13-25-18-21-14-4-1-2-5-15(14)26-18)22-9-11-23(12-10-22)17-19-7-3-8-20-17/h1-5,7-8H,6,9-13H2. The summed E-state index contributed by atoms with van der Waals surface area (Å²) in [6.45, 7) is 3.01. The quantitative estimate of drug-likeness (QED) is 0.630. The zero-order valence-electron chi connectivity index (χ0n) is 14.2. The van der Waals surface area contributed by atoms with Crippen molar-refractivity contribution < 1.29 is 4.79 Å². The first-order chi connectivity index (χ1) is 12.8. The van der Waals surface area contributed by atoms with Crippen LogP contribution in [-0.2, 0) is 4.79 Å². The number of hydrogen-bond donors (Lipinski definition) is 0. The van der Waals surface area contributed by atoms with Crippen LogP contribution >= 0.6 is 23.1 Å². The summed E-state index contributed by atoms with van der Waals surface area (Å²) in [6.07, 6.45) is 4.04. The minimum Gasteiger partial charge on any atom is -0.339 e. The Labute approximate surface area is 160 Å². The van der Waals surface area contributed by atoms with E-state index in [0.717, 1.165) is 47.7 Å². The molecule has 6 nitrogen and oxygen atoms in total. The third kappa shape index (κ3) is 3.96. The zero-order valence-corrected chi connectivity index (χ0v) is 15.9. The fourth-order valence-electron chi connectivity index (χ4n) is 2.91. The average Bonchev–Trinajstić information content (AvgIpc) is 3.11. The second-order valence-electron chi connectivity index (χ2n) is 5.96. The number of rotatable bonds is 5. The van der Waals surface area contributed by atoms with Gasteiger partial charge >= 0.3 is 0 Å². The largest absolute Gasteiger partial charge is 0.339 e. The van der Waals surface area contributed by atoms with Crippen LogP contribution in [0.4, 0.5) is 5.95 Å². The summed E-state index contributed by atoms with van der Waals surface area (Å²) >= 11 is 3.35. The van der Waals surface area contributed by atoms with Gasteiger partial charge in [-0.2, -0.15) is 0 Å². The van der Waals surface area contributed by atoms with Crippen molar-refractivity contribution >= 4 is 45.2 Å². The highest BCUT2D eigenvalue weighted by atomic mass is 32.2. The number of benzene rings is 1. The summed E-state index contributed by atoms with van der Waals surface area (Å²) in [5.41, 5.74) is 1.03. The summed E-state index contributed by atoms with van der Waals surface area (Å²) in [5.74, 6) is 1.72. The van der Waals surface area contributed by atoms with Gasteiger partial charge in [0, 0.05) is 50.7 Å². The number of para-hydroxylation sites is 1. The minimum atomic E-state index is 0.215. The molecule has 0 spiro atoms. The van der Waals surface area contributed by atoms with Crippen molar-refractivity contribution in [3.63, 3.8) is 0 Å². The van der Waals surface area contributed by atoms with E-state index in [1.807, 2.05) is 29.2 Å². The van der Waals surface area contributed by atoms with E-state index < -0.39 is 0 Å². The number of piperazine rings is 1. The van der Waals surface area contributed by atoms with Crippen molar-refractivity contribution in [2.24, 2.45) is 0 Å². The van der Waals surface area contributed by atoms with Crippen LogP contribution in [0.25, 0.3) is 10.2 Å². The van der Waals surface area contributed by atoms with Crippen LogP contribution in [0.15, 0.2) is 47.1 Å². The van der Waals surface area contributed by atoms with Crippen LogP contribution in [0.5, 0.6) is 0 Å². The highest BCUT2D eigenvalue weighted by Crippen LogP contribution is 2.29. The van der Waals surface area contributed by atoms with Crippen LogP contribution in [-0.4, -0.2) is 57.7 Å². The maximum atomic E-state index is 12.4. The fraction of sp³-hybridized carbons (Fsp3) is 0.333. The molecule has 0 N–H and O–H groups in total. The Morgan fingerprint density at radius 1 is 1.08 bits per heavy atom. The average molecular weight is 386 g/mol. The van der Waals surface area contributed by atoms with Gasteiger partial charge in [-0.05, 0) is 18.2 Å². The monoisotopic (exact) mass is 385 g/mol. The predicted molar refractivity (Wildman–Crippen MR) is 106 cm³/mol. The Bertz CT molecular complexity index is 844. The summed E-state index contributed by atoms with van der Waals surface area (Å²) in [6, 6.07) is 9.94. The van der Waals surface area contributed by atoms with E-state index in [1.54, 1.807) is 35.5 Å². The molecular formula is C18H19N5OS2. The number of carbonyl (C=O) groups excluding carboxylic acids is 1. The lowest BCUT2D eigenvalue weighted by Crippen LogP contribution is -2.49. The maximum absolute atomic E-state index is 12.4. The molecule has 1 saturated heterocycles. The number of amides is 1. The Hall–Kier alpha value is -2.19. The van der Waals surface area contributed by atoms with Gasteiger partial charge in [-0.15, -0.1) is 11.3 Å². The second-order valence-corrected chi connectivity index (χ2v) is 8.34. The highest BCUT2D eigenvalue weighted by Gasteiger charge is 2.22. The van der Waals surface area contributed by atoms with E-state index in [9.17, 15) is 4.79 Å². The molecule has 8 heteroatoms. The van der Waals surface area contributed by atoms with E-state index in [4.69, 9.17) is 0 Å². The normalized spacial score (nSPS) is 14.8. The molecule has 0 bridgehead atoms. The molecule has 1 fully saturated rings. The molecule has 0 saturated carbocycles. The van der Waals surface area contributed by atoms with Crippen molar-refractivity contribution in [3.05, 3.63) is 42.7 Å². The molecule has 0 unspecified atom stereocenters. The number of hydrogen-bond acceptors (Lipinski definition) is 7. The Morgan fingerprint density at radius 3 is 2.62 bits per heavy atom. The van der Waals surface area contributed by atoms with Crippen molar-refractivity contribution in [1.82, 2.24) is 19.9 Å². The first-order valence-electron chi connectivity index (χ1n) is 8.58. The minimum absolute atomic E-state index is 0.215. The number of fused-ring (bicyclic) bond motifs is 1. The fourth-order valence-corrected chi connectivity index (χ4v) is 4.97. The van der Waals surface area contributed by atoms with Crippen molar-refractivity contribution in [2.45, 2.75) is 10.8 Å². The second kappa shape index (κ2) is 8.01. The first kappa shape index (κ1) is 17.2. The molecule has 1 aliphatic rings. The van der Waals surface area contributed by atoms with Crippen molar-refractivity contribution in [1.29, 1.82) is 0 Å². The SMILES string of the molecule is O=C(CCSc1nc2ccccc2s1)N1CCN(c2ncccn2)CC1.